The molecular weight excluding hydrogens is 320 g/mol. The molecule has 0 bridgehead atoms. The predicted molar refractivity (Wildman–Crippen MR) is 81.6 cm³/mol. The maximum absolute atomic E-state index is 11.0. The molecule has 24 heavy (non-hydrogen) atoms. The Morgan fingerprint density at radius 2 is 1.79 bits per heavy atom. The SMILES string of the molecule is COc1ccc(CCCOC2OC(C(=O)O)C(O)C(O)C2O)cc1. The molecule has 5 unspecified atom stereocenters. The topological polar surface area (TPSA) is 126 Å². The summed E-state index contributed by atoms with van der Waals surface area (Å²) in [5, 5.41) is 38.0. The monoisotopic (exact) mass is 342 g/mol. The highest BCUT2D eigenvalue weighted by Crippen LogP contribution is 2.22. The number of aliphatic carboxylic acids is 1. The van der Waals surface area contributed by atoms with Crippen molar-refractivity contribution in [3.05, 3.63) is 29.8 Å². The van der Waals surface area contributed by atoms with E-state index in [1.165, 1.54) is 0 Å². The third kappa shape index (κ3) is 4.43. The lowest BCUT2D eigenvalue weighted by Crippen LogP contribution is -2.60. The van der Waals surface area contributed by atoms with Crippen LogP contribution < -0.4 is 4.74 Å². The Balaban J connectivity index is 1.80. The van der Waals surface area contributed by atoms with Crippen molar-refractivity contribution in [3.63, 3.8) is 0 Å². The van der Waals surface area contributed by atoms with Crippen LogP contribution in [0.3, 0.4) is 0 Å². The van der Waals surface area contributed by atoms with Crippen LogP contribution in [-0.4, -0.2) is 70.8 Å². The number of ether oxygens (including phenoxy) is 3. The van der Waals surface area contributed by atoms with E-state index in [4.69, 9.17) is 19.3 Å². The van der Waals surface area contributed by atoms with Crippen molar-refractivity contribution in [2.45, 2.75) is 43.5 Å². The van der Waals surface area contributed by atoms with E-state index in [2.05, 4.69) is 0 Å². The van der Waals surface area contributed by atoms with Crippen LogP contribution in [0.15, 0.2) is 24.3 Å². The molecule has 0 saturated carbocycles. The summed E-state index contributed by atoms with van der Waals surface area (Å²) in [4.78, 5) is 11.0. The number of benzene rings is 1. The van der Waals surface area contributed by atoms with Gasteiger partial charge in [-0.15, -0.1) is 0 Å². The first-order valence-electron chi connectivity index (χ1n) is 7.61. The molecule has 1 heterocycles. The van der Waals surface area contributed by atoms with E-state index < -0.39 is 36.7 Å². The van der Waals surface area contributed by atoms with Gasteiger partial charge in [0.15, 0.2) is 12.4 Å². The molecule has 1 fully saturated rings. The Kier molecular flexibility index (Phi) is 6.52. The zero-order chi connectivity index (χ0) is 17.7. The van der Waals surface area contributed by atoms with Gasteiger partial charge in [-0.2, -0.15) is 0 Å². The Labute approximate surface area is 139 Å². The van der Waals surface area contributed by atoms with Crippen molar-refractivity contribution in [1.29, 1.82) is 0 Å². The summed E-state index contributed by atoms with van der Waals surface area (Å²) in [7, 11) is 1.59. The van der Waals surface area contributed by atoms with Crippen LogP contribution >= 0.6 is 0 Å². The second kappa shape index (κ2) is 8.41. The van der Waals surface area contributed by atoms with Gasteiger partial charge in [0.25, 0.3) is 0 Å². The number of hydrogen-bond donors (Lipinski definition) is 4. The van der Waals surface area contributed by atoms with Crippen molar-refractivity contribution in [2.75, 3.05) is 13.7 Å². The molecule has 0 amide bonds. The minimum absolute atomic E-state index is 0.197. The second-order valence-electron chi connectivity index (χ2n) is 5.56. The van der Waals surface area contributed by atoms with E-state index in [1.54, 1.807) is 7.11 Å². The van der Waals surface area contributed by atoms with Crippen molar-refractivity contribution in [2.24, 2.45) is 0 Å². The number of hydrogen-bond acceptors (Lipinski definition) is 7. The number of carbonyl (C=O) groups is 1. The molecule has 1 aromatic carbocycles. The van der Waals surface area contributed by atoms with E-state index in [0.717, 1.165) is 11.3 Å². The molecule has 1 saturated heterocycles. The molecule has 0 spiro atoms. The highest BCUT2D eigenvalue weighted by Gasteiger charge is 2.47. The zero-order valence-electron chi connectivity index (χ0n) is 13.2. The summed E-state index contributed by atoms with van der Waals surface area (Å²) in [5.41, 5.74) is 1.07. The summed E-state index contributed by atoms with van der Waals surface area (Å²) < 4.78 is 15.4. The Morgan fingerprint density at radius 1 is 1.12 bits per heavy atom. The first-order valence-corrected chi connectivity index (χ1v) is 7.61. The van der Waals surface area contributed by atoms with E-state index in [1.807, 2.05) is 24.3 Å². The summed E-state index contributed by atoms with van der Waals surface area (Å²) >= 11 is 0. The fourth-order valence-corrected chi connectivity index (χ4v) is 2.46. The Bertz CT molecular complexity index is 531. The van der Waals surface area contributed by atoms with E-state index in [9.17, 15) is 20.1 Å². The molecule has 0 aromatic heterocycles. The van der Waals surface area contributed by atoms with E-state index in [0.29, 0.717) is 12.8 Å². The largest absolute Gasteiger partial charge is 0.497 e. The molecule has 8 heteroatoms. The van der Waals surface area contributed by atoms with Crippen LogP contribution in [0.25, 0.3) is 0 Å². The molecule has 4 N–H and O–H groups in total. The summed E-state index contributed by atoms with van der Waals surface area (Å²) in [6.45, 7) is 0.197. The molecule has 8 nitrogen and oxygen atoms in total. The fourth-order valence-electron chi connectivity index (χ4n) is 2.46. The minimum atomic E-state index is -1.71. The van der Waals surface area contributed by atoms with Crippen molar-refractivity contribution >= 4 is 5.97 Å². The maximum atomic E-state index is 11.0. The average molecular weight is 342 g/mol. The number of carboxylic acid groups (broad SMARTS) is 1. The fraction of sp³-hybridized carbons (Fsp3) is 0.562. The number of aryl methyl sites for hydroxylation is 1. The maximum Gasteiger partial charge on any atom is 0.335 e. The van der Waals surface area contributed by atoms with Gasteiger partial charge in [-0.25, -0.2) is 4.79 Å². The first-order chi connectivity index (χ1) is 11.4. The smallest absolute Gasteiger partial charge is 0.335 e. The van der Waals surface area contributed by atoms with Crippen LogP contribution in [0.1, 0.15) is 12.0 Å². The van der Waals surface area contributed by atoms with Gasteiger partial charge in [0, 0.05) is 0 Å². The van der Waals surface area contributed by atoms with E-state index >= 15 is 0 Å². The lowest BCUT2D eigenvalue weighted by molar-refractivity contribution is -0.294. The minimum Gasteiger partial charge on any atom is -0.497 e. The van der Waals surface area contributed by atoms with Crippen LogP contribution in [-0.2, 0) is 20.7 Å². The summed E-state index contributed by atoms with van der Waals surface area (Å²) in [6.07, 6.45) is -6.51. The first kappa shape index (κ1) is 18.6. The molecule has 0 radical (unpaired) electrons. The zero-order valence-corrected chi connectivity index (χ0v) is 13.2. The molecule has 1 aromatic rings. The number of methoxy groups -OCH3 is 1. The van der Waals surface area contributed by atoms with Gasteiger partial charge in [-0.3, -0.25) is 0 Å². The molecule has 1 aliphatic rings. The molecule has 0 aliphatic carbocycles. The van der Waals surface area contributed by atoms with Gasteiger partial charge in [0.1, 0.15) is 24.1 Å². The Hall–Kier alpha value is -1.71. The van der Waals surface area contributed by atoms with Crippen LogP contribution in [0.2, 0.25) is 0 Å². The van der Waals surface area contributed by atoms with Gasteiger partial charge < -0.3 is 34.6 Å². The van der Waals surface area contributed by atoms with Crippen molar-refractivity contribution in [3.8, 4) is 5.75 Å². The third-order valence-electron chi connectivity index (χ3n) is 3.86. The van der Waals surface area contributed by atoms with Gasteiger partial charge in [0.2, 0.25) is 0 Å². The molecule has 1 aliphatic heterocycles. The van der Waals surface area contributed by atoms with Crippen LogP contribution in [0, 0.1) is 0 Å². The number of carboxylic acids is 1. The van der Waals surface area contributed by atoms with Crippen molar-refractivity contribution < 1.29 is 39.4 Å². The third-order valence-corrected chi connectivity index (χ3v) is 3.86. The lowest BCUT2D eigenvalue weighted by atomic mass is 9.99. The average Bonchev–Trinajstić information content (AvgIpc) is 2.58. The van der Waals surface area contributed by atoms with E-state index in [-0.39, 0.29) is 6.61 Å². The standard InChI is InChI=1S/C16H22O8/c1-22-10-6-4-9(5-7-10)3-2-8-23-16-13(19)11(17)12(18)14(24-16)15(20)21/h4-7,11-14,16-19H,2-3,8H2,1H3,(H,20,21). The summed E-state index contributed by atoms with van der Waals surface area (Å²) in [5.74, 6) is -0.665. The van der Waals surface area contributed by atoms with Crippen LogP contribution in [0.4, 0.5) is 0 Å². The predicted octanol–water partition coefficient (Wildman–Crippen LogP) is -0.463. The highest BCUT2D eigenvalue weighted by molar-refractivity contribution is 5.73. The number of aliphatic hydroxyl groups excluding tert-OH is 3. The Morgan fingerprint density at radius 3 is 2.38 bits per heavy atom. The molecule has 5 atom stereocenters. The lowest BCUT2D eigenvalue weighted by Gasteiger charge is -2.38. The van der Waals surface area contributed by atoms with Gasteiger partial charge in [-0.05, 0) is 30.5 Å². The molecular formula is C16H22O8. The normalized spacial score (nSPS) is 30.1. The number of aliphatic hydroxyl groups is 3. The van der Waals surface area contributed by atoms with Crippen molar-refractivity contribution in [1.82, 2.24) is 0 Å². The van der Waals surface area contributed by atoms with Gasteiger partial charge in [-0.1, -0.05) is 12.1 Å². The quantitative estimate of drug-likeness (QED) is 0.490. The molecule has 134 valence electrons. The van der Waals surface area contributed by atoms with Crippen LogP contribution in [0.5, 0.6) is 5.75 Å². The molecule has 2 rings (SSSR count). The highest BCUT2D eigenvalue weighted by atomic mass is 16.7. The number of rotatable bonds is 7. The van der Waals surface area contributed by atoms with Gasteiger partial charge in [0.05, 0.1) is 13.7 Å². The second-order valence-corrected chi connectivity index (χ2v) is 5.56. The summed E-state index contributed by atoms with van der Waals surface area (Å²) in [6, 6.07) is 7.54. The van der Waals surface area contributed by atoms with Gasteiger partial charge >= 0.3 is 5.97 Å².